The van der Waals surface area contributed by atoms with E-state index in [0.717, 1.165) is 11.3 Å². The van der Waals surface area contributed by atoms with Crippen LogP contribution in [0.15, 0.2) is 12.4 Å². The van der Waals surface area contributed by atoms with E-state index in [-0.39, 0.29) is 30.9 Å². The Hall–Kier alpha value is -2.06. The molecular weight excluding hydrogens is 325 g/mol. The fraction of sp³-hybridized carbons (Fsp3) is 0.667. The first-order valence-corrected chi connectivity index (χ1v) is 7.89. The molecular formula is C15H21F3N4O2. The molecule has 1 aliphatic rings. The number of aromatic nitrogens is 2. The lowest BCUT2D eigenvalue weighted by molar-refractivity contribution is -0.184. The van der Waals surface area contributed by atoms with E-state index in [4.69, 9.17) is 0 Å². The molecule has 134 valence electrons. The summed E-state index contributed by atoms with van der Waals surface area (Å²) in [5.74, 6) is -1.04. The van der Waals surface area contributed by atoms with Gasteiger partial charge in [0.1, 0.15) is 6.04 Å². The van der Waals surface area contributed by atoms with Crippen molar-refractivity contribution in [3.05, 3.63) is 18.0 Å². The molecule has 1 N–H and O–H groups in total. The molecule has 0 saturated carbocycles. The number of hydrogen-bond acceptors (Lipinski definition) is 3. The van der Waals surface area contributed by atoms with Crippen LogP contribution < -0.4 is 5.32 Å². The van der Waals surface area contributed by atoms with Gasteiger partial charge in [-0.3, -0.25) is 14.3 Å². The van der Waals surface area contributed by atoms with E-state index in [1.165, 1.54) is 24.0 Å². The molecule has 1 aromatic heterocycles. The number of rotatable bonds is 4. The van der Waals surface area contributed by atoms with Gasteiger partial charge in [0.25, 0.3) is 5.91 Å². The van der Waals surface area contributed by atoms with Crippen molar-refractivity contribution in [2.75, 3.05) is 6.54 Å². The van der Waals surface area contributed by atoms with E-state index in [9.17, 15) is 22.8 Å². The van der Waals surface area contributed by atoms with Crippen LogP contribution in [0.1, 0.15) is 43.5 Å². The monoisotopic (exact) mass is 346 g/mol. The summed E-state index contributed by atoms with van der Waals surface area (Å²) >= 11 is 0. The zero-order valence-corrected chi connectivity index (χ0v) is 13.6. The molecule has 6 nitrogen and oxygen atoms in total. The molecule has 2 rings (SSSR count). The Balaban J connectivity index is 2.21. The summed E-state index contributed by atoms with van der Waals surface area (Å²) in [5.41, 5.74) is 0.126. The fourth-order valence-electron chi connectivity index (χ4n) is 2.93. The van der Waals surface area contributed by atoms with Gasteiger partial charge in [0, 0.05) is 32.3 Å². The first-order chi connectivity index (χ1) is 11.2. The highest BCUT2D eigenvalue weighted by molar-refractivity contribution is 5.94. The number of aryl methyl sites for hydroxylation is 1. The summed E-state index contributed by atoms with van der Waals surface area (Å²) in [6.07, 6.45) is -1.01. The Bertz CT molecular complexity index is 600. The number of amides is 2. The molecule has 0 bridgehead atoms. The Kier molecular flexibility index (Phi) is 5.51. The number of likely N-dealkylation sites (tertiary alicyclic amines) is 1. The normalized spacial score (nSPS) is 21.6. The minimum absolute atomic E-state index is 0.126. The van der Waals surface area contributed by atoms with Gasteiger partial charge in [0.2, 0.25) is 5.91 Å². The Morgan fingerprint density at radius 2 is 2.08 bits per heavy atom. The van der Waals surface area contributed by atoms with Gasteiger partial charge < -0.3 is 10.2 Å². The predicted octanol–water partition coefficient (Wildman–Crippen LogP) is 1.96. The van der Waals surface area contributed by atoms with Crippen molar-refractivity contribution in [3.63, 3.8) is 0 Å². The highest BCUT2D eigenvalue weighted by Gasteiger charge is 2.48. The first-order valence-electron chi connectivity index (χ1n) is 7.89. The summed E-state index contributed by atoms with van der Waals surface area (Å²) in [6.45, 7) is 3.66. The lowest BCUT2D eigenvalue weighted by Crippen LogP contribution is -2.58. The van der Waals surface area contributed by atoms with Crippen LogP contribution in [0.25, 0.3) is 0 Å². The summed E-state index contributed by atoms with van der Waals surface area (Å²) in [5, 5.41) is 6.59. The zero-order valence-electron chi connectivity index (χ0n) is 13.6. The molecule has 1 aliphatic heterocycles. The van der Waals surface area contributed by atoms with Crippen LogP contribution in [0.2, 0.25) is 0 Å². The van der Waals surface area contributed by atoms with Gasteiger partial charge in [-0.15, -0.1) is 0 Å². The molecule has 1 saturated heterocycles. The summed E-state index contributed by atoms with van der Waals surface area (Å²) in [4.78, 5) is 24.5. The summed E-state index contributed by atoms with van der Waals surface area (Å²) < 4.78 is 41.4. The van der Waals surface area contributed by atoms with Gasteiger partial charge in [0.15, 0.2) is 0 Å². The van der Waals surface area contributed by atoms with Gasteiger partial charge in [-0.2, -0.15) is 18.3 Å². The lowest BCUT2D eigenvalue weighted by atomic mass is 9.97. The molecule has 0 unspecified atom stereocenters. The topological polar surface area (TPSA) is 67.2 Å². The summed E-state index contributed by atoms with van der Waals surface area (Å²) in [7, 11) is 0. The highest BCUT2D eigenvalue weighted by atomic mass is 19.4. The first kappa shape index (κ1) is 18.3. The van der Waals surface area contributed by atoms with Crippen LogP contribution in [-0.2, 0) is 11.3 Å². The number of hydrogen-bond donors (Lipinski definition) is 1. The quantitative estimate of drug-likeness (QED) is 0.906. The molecule has 2 amide bonds. The van der Waals surface area contributed by atoms with Gasteiger partial charge in [-0.1, -0.05) is 6.92 Å². The fourth-order valence-corrected chi connectivity index (χ4v) is 2.93. The SMILES string of the molecule is CCCn1cc(C(=O)N2C[C@@H](NC(C)=O)CC[C@@H]2C(F)(F)F)cn1. The lowest BCUT2D eigenvalue weighted by Gasteiger charge is -2.40. The van der Waals surface area contributed by atoms with Crippen molar-refractivity contribution < 1.29 is 22.8 Å². The van der Waals surface area contributed by atoms with E-state index in [1.54, 1.807) is 0 Å². The second-order valence-corrected chi connectivity index (χ2v) is 5.98. The number of nitrogens with zero attached hydrogens (tertiary/aromatic N) is 3. The second kappa shape index (κ2) is 7.23. The summed E-state index contributed by atoms with van der Waals surface area (Å²) in [6, 6.07) is -2.32. The van der Waals surface area contributed by atoms with E-state index < -0.39 is 24.2 Å². The Labute approximate surface area is 138 Å². The van der Waals surface area contributed by atoms with Crippen molar-refractivity contribution in [2.45, 2.75) is 57.9 Å². The molecule has 0 aromatic carbocycles. The predicted molar refractivity (Wildman–Crippen MR) is 80.2 cm³/mol. The van der Waals surface area contributed by atoms with Crippen LogP contribution in [0.3, 0.4) is 0 Å². The average Bonchev–Trinajstić information content (AvgIpc) is 2.93. The number of carbonyl (C=O) groups is 2. The smallest absolute Gasteiger partial charge is 0.352 e. The number of alkyl halides is 3. The molecule has 9 heteroatoms. The van der Waals surface area contributed by atoms with Crippen LogP contribution in [-0.4, -0.2) is 51.3 Å². The number of nitrogens with one attached hydrogen (secondary N) is 1. The zero-order chi connectivity index (χ0) is 17.9. The largest absolute Gasteiger partial charge is 0.408 e. The van der Waals surface area contributed by atoms with E-state index in [1.807, 2.05) is 6.92 Å². The Morgan fingerprint density at radius 1 is 1.38 bits per heavy atom. The third-order valence-electron chi connectivity index (χ3n) is 3.96. The third kappa shape index (κ3) is 4.27. The second-order valence-electron chi connectivity index (χ2n) is 5.98. The molecule has 2 atom stereocenters. The van der Waals surface area contributed by atoms with Gasteiger partial charge in [0.05, 0.1) is 11.8 Å². The van der Waals surface area contributed by atoms with Gasteiger partial charge in [-0.25, -0.2) is 0 Å². The van der Waals surface area contributed by atoms with Crippen LogP contribution in [0.4, 0.5) is 13.2 Å². The number of halogens is 3. The van der Waals surface area contributed by atoms with E-state index >= 15 is 0 Å². The van der Waals surface area contributed by atoms with Gasteiger partial charge >= 0.3 is 6.18 Å². The maximum Gasteiger partial charge on any atom is 0.408 e. The minimum Gasteiger partial charge on any atom is -0.352 e. The highest BCUT2D eigenvalue weighted by Crippen LogP contribution is 2.33. The molecule has 0 radical (unpaired) electrons. The number of carbonyl (C=O) groups excluding carboxylic acids is 2. The minimum atomic E-state index is -4.50. The van der Waals surface area contributed by atoms with Crippen molar-refractivity contribution in [3.8, 4) is 0 Å². The molecule has 0 aliphatic carbocycles. The molecule has 1 aromatic rings. The molecule has 24 heavy (non-hydrogen) atoms. The standard InChI is InChI=1S/C15H21F3N4O2/c1-3-6-21-8-11(7-19-21)14(24)22-9-12(20-10(2)23)4-5-13(22)15(16,17)18/h7-8,12-13H,3-6,9H2,1-2H3,(H,20,23)/t12-,13+/m0/s1. The molecule has 0 spiro atoms. The maximum absolute atomic E-state index is 13.3. The Morgan fingerprint density at radius 3 is 2.67 bits per heavy atom. The third-order valence-corrected chi connectivity index (χ3v) is 3.96. The molecule has 1 fully saturated rings. The van der Waals surface area contributed by atoms with Crippen molar-refractivity contribution in [1.29, 1.82) is 0 Å². The molecule has 2 heterocycles. The average molecular weight is 346 g/mol. The van der Waals surface area contributed by atoms with Crippen molar-refractivity contribution >= 4 is 11.8 Å². The van der Waals surface area contributed by atoms with Crippen LogP contribution >= 0.6 is 0 Å². The van der Waals surface area contributed by atoms with Crippen LogP contribution in [0, 0.1) is 0 Å². The van der Waals surface area contributed by atoms with E-state index in [2.05, 4.69) is 10.4 Å². The van der Waals surface area contributed by atoms with Crippen LogP contribution in [0.5, 0.6) is 0 Å². The van der Waals surface area contributed by atoms with Crippen molar-refractivity contribution in [1.82, 2.24) is 20.0 Å². The number of piperidine rings is 1. The van der Waals surface area contributed by atoms with Crippen molar-refractivity contribution in [2.24, 2.45) is 0 Å². The maximum atomic E-state index is 13.3. The van der Waals surface area contributed by atoms with E-state index in [0.29, 0.717) is 6.54 Å². The van der Waals surface area contributed by atoms with Gasteiger partial charge in [-0.05, 0) is 19.3 Å².